The molecule has 4 heterocycles. The zero-order valence-electron chi connectivity index (χ0n) is 24.2. The molecule has 10 nitrogen and oxygen atoms in total. The summed E-state index contributed by atoms with van der Waals surface area (Å²) in [6, 6.07) is 11.4. The van der Waals surface area contributed by atoms with E-state index in [1.165, 1.54) is 12.8 Å². The van der Waals surface area contributed by atoms with Crippen molar-refractivity contribution in [1.29, 1.82) is 0 Å². The molecule has 1 aromatic carbocycles. The van der Waals surface area contributed by atoms with E-state index in [0.29, 0.717) is 47.7 Å². The van der Waals surface area contributed by atoms with Gasteiger partial charge in [0.15, 0.2) is 0 Å². The van der Waals surface area contributed by atoms with Gasteiger partial charge in [0.2, 0.25) is 11.8 Å². The van der Waals surface area contributed by atoms with Crippen LogP contribution in [0.5, 0.6) is 5.88 Å². The highest BCUT2D eigenvalue weighted by Gasteiger charge is 2.41. The highest BCUT2D eigenvalue weighted by atomic mass is 16.5. The number of pyridine rings is 1. The van der Waals surface area contributed by atoms with Gasteiger partial charge in [0.1, 0.15) is 0 Å². The molecule has 1 atom stereocenters. The Bertz CT molecular complexity index is 1520. The smallest absolute Gasteiger partial charge is 0.280 e. The van der Waals surface area contributed by atoms with Gasteiger partial charge in [-0.25, -0.2) is 4.68 Å². The number of ether oxygens (including phenoxy) is 1. The van der Waals surface area contributed by atoms with Crippen LogP contribution in [0.4, 0.5) is 17.1 Å². The largest absolute Gasteiger partial charge is 0.477 e. The molecule has 214 valence electrons. The van der Waals surface area contributed by atoms with Gasteiger partial charge in [-0.2, -0.15) is 10.1 Å². The number of guanidine groups is 1. The number of nitrogens with zero attached hydrogens (tertiary/aromatic N) is 6. The van der Waals surface area contributed by atoms with Crippen molar-refractivity contribution in [3.05, 3.63) is 47.8 Å². The molecule has 1 amide bonds. The monoisotopic (exact) mass is 554 g/mol. The van der Waals surface area contributed by atoms with Crippen LogP contribution >= 0.6 is 0 Å². The number of amides is 1. The van der Waals surface area contributed by atoms with Gasteiger partial charge in [-0.05, 0) is 95.8 Å². The van der Waals surface area contributed by atoms with E-state index in [4.69, 9.17) is 14.7 Å². The minimum Gasteiger partial charge on any atom is -0.477 e. The Morgan fingerprint density at radius 3 is 2.73 bits per heavy atom. The molecule has 0 radical (unpaired) electrons. The molecule has 2 aliphatic carbocycles. The lowest BCUT2D eigenvalue weighted by molar-refractivity contribution is 0.100. The molecule has 10 heteroatoms. The van der Waals surface area contributed by atoms with Crippen molar-refractivity contribution in [2.75, 3.05) is 36.2 Å². The summed E-state index contributed by atoms with van der Waals surface area (Å²) in [5, 5.41) is 11.6. The van der Waals surface area contributed by atoms with Crippen LogP contribution < -0.4 is 20.3 Å². The topological polar surface area (TPSA) is 99.9 Å². The highest BCUT2D eigenvalue weighted by molar-refractivity contribution is 6.19. The molecule has 2 aromatic heterocycles. The molecular weight excluding hydrogens is 516 g/mol. The van der Waals surface area contributed by atoms with E-state index in [1.54, 1.807) is 23.0 Å². The fraction of sp³-hybridized carbons (Fsp3) is 0.484. The van der Waals surface area contributed by atoms with Crippen molar-refractivity contribution in [3.63, 3.8) is 0 Å². The number of benzene rings is 1. The number of carbonyl (C=O) groups is 1. The fourth-order valence-corrected chi connectivity index (χ4v) is 6.38. The fourth-order valence-electron chi connectivity index (χ4n) is 6.38. The molecule has 2 bridgehead atoms. The molecule has 0 spiro atoms. The van der Waals surface area contributed by atoms with Gasteiger partial charge in [0, 0.05) is 42.1 Å². The first kappa shape index (κ1) is 26.0. The Balaban J connectivity index is 1.25. The lowest BCUT2D eigenvalue weighted by atomic mass is 9.86. The molecule has 7 rings (SSSR count). The number of rotatable bonds is 4. The zero-order valence-corrected chi connectivity index (χ0v) is 24.2. The summed E-state index contributed by atoms with van der Waals surface area (Å²) in [7, 11) is 6.17. The third-order valence-corrected chi connectivity index (χ3v) is 8.90. The Morgan fingerprint density at radius 2 is 1.95 bits per heavy atom. The number of hydrogen-bond donors (Lipinski definition) is 2. The van der Waals surface area contributed by atoms with Gasteiger partial charge in [-0.15, -0.1) is 0 Å². The minimum absolute atomic E-state index is 0.222. The first-order valence-corrected chi connectivity index (χ1v) is 14.7. The normalized spacial score (nSPS) is 25.1. The molecule has 0 saturated heterocycles. The van der Waals surface area contributed by atoms with Crippen molar-refractivity contribution >= 4 is 28.9 Å². The number of aryl methyl sites for hydroxylation is 2. The molecule has 1 unspecified atom stereocenters. The van der Waals surface area contributed by atoms with Crippen LogP contribution in [-0.2, 0) is 7.05 Å². The van der Waals surface area contributed by atoms with Crippen LogP contribution in [0.2, 0.25) is 0 Å². The standard InChI is InChI=1S/C31H38N8O2/c1-18-12-20-13-26(33-18)24-17-32-38(4)30(24)41-11-5-6-27(19-7-8-19)39-28-16-21(34-22-14-23(15-22)37(2)3)9-10-25(28)35-31(39)36-29(20)40/h9-10,12-13,16-17,19,22-23,27,34H,5-8,11,14-15H2,1-4H3,(H,35,36,40)/t22-,23+,27?. The number of hydrogen-bond acceptors (Lipinski definition) is 8. The number of carbonyl (C=O) groups excluding carboxylic acids is 1. The van der Waals surface area contributed by atoms with Crippen molar-refractivity contribution in [2.24, 2.45) is 18.0 Å². The number of aliphatic imine (C=N–C) groups is 1. The lowest BCUT2D eigenvalue weighted by Crippen LogP contribution is -2.47. The first-order chi connectivity index (χ1) is 19.8. The van der Waals surface area contributed by atoms with Crippen molar-refractivity contribution in [2.45, 2.75) is 63.6 Å². The predicted octanol–water partition coefficient (Wildman–Crippen LogP) is 4.67. The van der Waals surface area contributed by atoms with Gasteiger partial charge < -0.3 is 25.2 Å². The second-order valence-electron chi connectivity index (χ2n) is 12.2. The van der Waals surface area contributed by atoms with Gasteiger partial charge in [-0.3, -0.25) is 9.78 Å². The maximum absolute atomic E-state index is 13.7. The van der Waals surface area contributed by atoms with Crippen LogP contribution in [0.15, 0.2) is 41.5 Å². The predicted molar refractivity (Wildman–Crippen MR) is 161 cm³/mol. The molecular formula is C31H38N8O2. The van der Waals surface area contributed by atoms with E-state index >= 15 is 0 Å². The van der Waals surface area contributed by atoms with E-state index in [2.05, 4.69) is 57.8 Å². The van der Waals surface area contributed by atoms with Gasteiger partial charge in [0.05, 0.1) is 35.4 Å². The summed E-state index contributed by atoms with van der Waals surface area (Å²) in [6.45, 7) is 2.47. The zero-order chi connectivity index (χ0) is 28.2. The van der Waals surface area contributed by atoms with Crippen molar-refractivity contribution in [3.8, 4) is 17.1 Å². The average molecular weight is 555 g/mol. The van der Waals surface area contributed by atoms with E-state index in [-0.39, 0.29) is 11.9 Å². The molecule has 2 saturated carbocycles. The second-order valence-corrected chi connectivity index (χ2v) is 12.2. The maximum atomic E-state index is 13.7. The average Bonchev–Trinajstić information content (AvgIpc) is 3.61. The molecule has 2 N–H and O–H groups in total. The maximum Gasteiger partial charge on any atom is 0.280 e. The first-order valence-electron chi connectivity index (χ1n) is 14.7. The van der Waals surface area contributed by atoms with Crippen LogP contribution in [0.3, 0.4) is 0 Å². The molecule has 2 aliphatic heterocycles. The summed E-state index contributed by atoms with van der Waals surface area (Å²) in [5.74, 6) is 1.54. The van der Waals surface area contributed by atoms with E-state index in [0.717, 1.165) is 54.0 Å². The van der Waals surface area contributed by atoms with Crippen LogP contribution in [0, 0.1) is 12.8 Å². The van der Waals surface area contributed by atoms with E-state index in [9.17, 15) is 4.79 Å². The Hall–Kier alpha value is -3.92. The summed E-state index contributed by atoms with van der Waals surface area (Å²) in [4.78, 5) is 27.7. The summed E-state index contributed by atoms with van der Waals surface area (Å²) in [5.41, 5.74) is 5.85. The minimum atomic E-state index is -0.294. The third-order valence-electron chi connectivity index (χ3n) is 8.90. The van der Waals surface area contributed by atoms with Crippen molar-refractivity contribution in [1.82, 2.24) is 19.7 Å². The molecule has 4 aliphatic rings. The van der Waals surface area contributed by atoms with Crippen LogP contribution in [0.25, 0.3) is 11.3 Å². The SMILES string of the molecule is Cc1cc2cc(n1)-c1cnn(C)c1OCCCC(C1CC1)N1/C(=N/C2=O)Nc2ccc(N[C@H]3C[C@@H](N(C)C)C3)cc21. The molecule has 41 heavy (non-hydrogen) atoms. The number of nitrogens with one attached hydrogen (secondary N) is 2. The number of fused-ring (bicyclic) bond motifs is 7. The van der Waals surface area contributed by atoms with Gasteiger partial charge in [0.25, 0.3) is 5.91 Å². The number of anilines is 3. The quantitative estimate of drug-likeness (QED) is 0.480. The summed E-state index contributed by atoms with van der Waals surface area (Å²) >= 11 is 0. The van der Waals surface area contributed by atoms with Crippen molar-refractivity contribution < 1.29 is 9.53 Å². The van der Waals surface area contributed by atoms with E-state index in [1.807, 2.05) is 14.0 Å². The molecule has 3 aromatic rings. The van der Waals surface area contributed by atoms with E-state index < -0.39 is 0 Å². The molecule has 2 fully saturated rings. The Morgan fingerprint density at radius 1 is 1.12 bits per heavy atom. The number of aromatic nitrogens is 3. The summed E-state index contributed by atoms with van der Waals surface area (Å²) < 4.78 is 8.04. The second kappa shape index (κ2) is 10.2. The summed E-state index contributed by atoms with van der Waals surface area (Å²) in [6.07, 6.45) is 8.21. The van der Waals surface area contributed by atoms with Crippen LogP contribution in [-0.4, -0.2) is 70.4 Å². The Kier molecular flexibility index (Phi) is 6.45. The lowest BCUT2D eigenvalue weighted by Gasteiger charge is -2.40. The van der Waals surface area contributed by atoms with Crippen LogP contribution in [0.1, 0.15) is 54.6 Å². The third kappa shape index (κ3) is 4.94. The van der Waals surface area contributed by atoms with Gasteiger partial charge in [-0.1, -0.05) is 0 Å². The van der Waals surface area contributed by atoms with Gasteiger partial charge >= 0.3 is 0 Å². The highest BCUT2D eigenvalue weighted by Crippen LogP contribution is 2.45. The Labute approximate surface area is 240 Å².